The van der Waals surface area contributed by atoms with Crippen LogP contribution in [0, 0.1) is 25.7 Å². The molecule has 0 radical (unpaired) electrons. The zero-order valence-corrected chi connectivity index (χ0v) is 12.2. The molecule has 1 amide bonds. The van der Waals surface area contributed by atoms with E-state index in [0.29, 0.717) is 12.1 Å². The molecule has 0 aliphatic heterocycles. The zero-order chi connectivity index (χ0) is 15.2. The molecule has 2 aromatic carbocycles. The SMILES string of the molecule is Cc1cc(C#CCN)cc(C(=O)Nc2ccccc2C)c1. The summed E-state index contributed by atoms with van der Waals surface area (Å²) in [5.41, 5.74) is 9.62. The lowest BCUT2D eigenvalue weighted by Crippen LogP contribution is -2.13. The van der Waals surface area contributed by atoms with Gasteiger partial charge in [0, 0.05) is 16.8 Å². The fourth-order valence-corrected chi connectivity index (χ4v) is 2.05. The van der Waals surface area contributed by atoms with Gasteiger partial charge in [0.05, 0.1) is 6.54 Å². The highest BCUT2D eigenvalue weighted by Gasteiger charge is 2.08. The Hall–Kier alpha value is -2.57. The molecule has 0 saturated carbocycles. The summed E-state index contributed by atoms with van der Waals surface area (Å²) in [5.74, 6) is 5.63. The first kappa shape index (κ1) is 14.8. The summed E-state index contributed by atoms with van der Waals surface area (Å²) >= 11 is 0. The Kier molecular flexibility index (Phi) is 4.76. The fraction of sp³-hybridized carbons (Fsp3) is 0.167. The van der Waals surface area contributed by atoms with Gasteiger partial charge in [-0.15, -0.1) is 0 Å². The summed E-state index contributed by atoms with van der Waals surface area (Å²) in [7, 11) is 0. The second kappa shape index (κ2) is 6.74. The van der Waals surface area contributed by atoms with E-state index in [1.165, 1.54) is 0 Å². The van der Waals surface area contributed by atoms with Gasteiger partial charge in [-0.3, -0.25) is 4.79 Å². The van der Waals surface area contributed by atoms with E-state index in [4.69, 9.17) is 5.73 Å². The maximum atomic E-state index is 12.4. The average Bonchev–Trinajstić information content (AvgIpc) is 2.47. The number of benzene rings is 2. The van der Waals surface area contributed by atoms with Crippen molar-refractivity contribution in [3.05, 3.63) is 64.7 Å². The summed E-state index contributed by atoms with van der Waals surface area (Å²) in [6, 6.07) is 13.3. The maximum Gasteiger partial charge on any atom is 0.255 e. The van der Waals surface area contributed by atoms with Crippen LogP contribution in [-0.2, 0) is 0 Å². The molecule has 0 spiro atoms. The van der Waals surface area contributed by atoms with Gasteiger partial charge in [-0.25, -0.2) is 0 Å². The number of anilines is 1. The average molecular weight is 278 g/mol. The third-order valence-corrected chi connectivity index (χ3v) is 3.07. The number of aryl methyl sites for hydroxylation is 2. The van der Waals surface area contributed by atoms with Crippen molar-refractivity contribution in [2.75, 3.05) is 11.9 Å². The summed E-state index contributed by atoms with van der Waals surface area (Å²) < 4.78 is 0. The summed E-state index contributed by atoms with van der Waals surface area (Å²) in [4.78, 5) is 12.4. The lowest BCUT2D eigenvalue weighted by Gasteiger charge is -2.09. The monoisotopic (exact) mass is 278 g/mol. The third kappa shape index (κ3) is 3.95. The quantitative estimate of drug-likeness (QED) is 0.830. The normalized spacial score (nSPS) is 9.67. The topological polar surface area (TPSA) is 55.1 Å². The molecular weight excluding hydrogens is 260 g/mol. The molecule has 3 heteroatoms. The van der Waals surface area contributed by atoms with Crippen LogP contribution >= 0.6 is 0 Å². The Morgan fingerprint density at radius 3 is 2.67 bits per heavy atom. The molecule has 0 heterocycles. The predicted octanol–water partition coefficient (Wildman–Crippen LogP) is 2.87. The Labute approximate surface area is 125 Å². The summed E-state index contributed by atoms with van der Waals surface area (Å²) in [6.07, 6.45) is 0. The molecule has 0 unspecified atom stereocenters. The minimum absolute atomic E-state index is 0.135. The van der Waals surface area contributed by atoms with Crippen molar-refractivity contribution in [1.29, 1.82) is 0 Å². The molecule has 2 aromatic rings. The molecule has 3 N–H and O–H groups in total. The lowest BCUT2D eigenvalue weighted by molar-refractivity contribution is 0.102. The molecular formula is C18H18N2O. The van der Waals surface area contributed by atoms with Crippen LogP contribution in [0.2, 0.25) is 0 Å². The smallest absolute Gasteiger partial charge is 0.255 e. The predicted molar refractivity (Wildman–Crippen MR) is 86.2 cm³/mol. The van der Waals surface area contributed by atoms with E-state index < -0.39 is 0 Å². The molecule has 0 atom stereocenters. The highest BCUT2D eigenvalue weighted by atomic mass is 16.1. The van der Waals surface area contributed by atoms with E-state index in [2.05, 4.69) is 17.2 Å². The Bertz CT molecular complexity index is 723. The van der Waals surface area contributed by atoms with E-state index in [0.717, 1.165) is 22.4 Å². The minimum Gasteiger partial charge on any atom is -0.322 e. The van der Waals surface area contributed by atoms with Crippen molar-refractivity contribution < 1.29 is 4.79 Å². The van der Waals surface area contributed by atoms with Gasteiger partial charge in [-0.2, -0.15) is 0 Å². The molecule has 0 aromatic heterocycles. The van der Waals surface area contributed by atoms with E-state index >= 15 is 0 Å². The van der Waals surface area contributed by atoms with Gasteiger partial charge in [0.2, 0.25) is 0 Å². The van der Waals surface area contributed by atoms with Crippen LogP contribution in [0.25, 0.3) is 0 Å². The van der Waals surface area contributed by atoms with Gasteiger partial charge in [0.1, 0.15) is 0 Å². The first-order chi connectivity index (χ1) is 10.1. The number of carbonyl (C=O) groups excluding carboxylic acids is 1. The largest absolute Gasteiger partial charge is 0.322 e. The fourth-order valence-electron chi connectivity index (χ4n) is 2.05. The van der Waals surface area contributed by atoms with Crippen LogP contribution in [0.15, 0.2) is 42.5 Å². The van der Waals surface area contributed by atoms with Gasteiger partial charge in [0.15, 0.2) is 0 Å². The van der Waals surface area contributed by atoms with Crippen LogP contribution < -0.4 is 11.1 Å². The first-order valence-corrected chi connectivity index (χ1v) is 6.78. The van der Waals surface area contributed by atoms with Crippen LogP contribution in [0.1, 0.15) is 27.0 Å². The van der Waals surface area contributed by atoms with Gasteiger partial charge in [-0.1, -0.05) is 30.0 Å². The lowest BCUT2D eigenvalue weighted by atomic mass is 10.1. The number of nitrogens with one attached hydrogen (secondary N) is 1. The summed E-state index contributed by atoms with van der Waals surface area (Å²) in [5, 5.41) is 2.93. The molecule has 21 heavy (non-hydrogen) atoms. The van der Waals surface area contributed by atoms with Crippen LogP contribution in [0.5, 0.6) is 0 Å². The molecule has 0 aliphatic rings. The number of hydrogen-bond donors (Lipinski definition) is 2. The molecule has 106 valence electrons. The van der Waals surface area contributed by atoms with Gasteiger partial charge in [0.25, 0.3) is 5.91 Å². The number of carbonyl (C=O) groups is 1. The number of hydrogen-bond acceptors (Lipinski definition) is 2. The van der Waals surface area contributed by atoms with Crippen molar-refractivity contribution in [3.63, 3.8) is 0 Å². The number of nitrogens with two attached hydrogens (primary N) is 1. The minimum atomic E-state index is -0.135. The van der Waals surface area contributed by atoms with Gasteiger partial charge >= 0.3 is 0 Å². The maximum absolute atomic E-state index is 12.4. The van der Waals surface area contributed by atoms with E-state index in [-0.39, 0.29) is 5.91 Å². The Morgan fingerprint density at radius 1 is 1.19 bits per heavy atom. The molecule has 0 aliphatic carbocycles. The highest BCUT2D eigenvalue weighted by molar-refractivity contribution is 6.05. The van der Waals surface area contributed by atoms with Crippen LogP contribution in [0.4, 0.5) is 5.69 Å². The van der Waals surface area contributed by atoms with Gasteiger partial charge in [-0.05, 0) is 49.2 Å². The zero-order valence-electron chi connectivity index (χ0n) is 12.2. The van der Waals surface area contributed by atoms with Crippen molar-refractivity contribution in [1.82, 2.24) is 0 Å². The molecule has 0 fully saturated rings. The number of rotatable bonds is 2. The van der Waals surface area contributed by atoms with Crippen molar-refractivity contribution in [3.8, 4) is 11.8 Å². The Morgan fingerprint density at radius 2 is 1.95 bits per heavy atom. The second-order valence-electron chi connectivity index (χ2n) is 4.86. The van der Waals surface area contributed by atoms with Gasteiger partial charge < -0.3 is 11.1 Å². The van der Waals surface area contributed by atoms with E-state index in [1.54, 1.807) is 6.07 Å². The Balaban J connectivity index is 2.27. The second-order valence-corrected chi connectivity index (χ2v) is 4.86. The molecule has 3 nitrogen and oxygen atoms in total. The first-order valence-electron chi connectivity index (χ1n) is 6.78. The van der Waals surface area contributed by atoms with Crippen LogP contribution in [-0.4, -0.2) is 12.5 Å². The highest BCUT2D eigenvalue weighted by Crippen LogP contribution is 2.16. The molecule has 0 saturated heterocycles. The third-order valence-electron chi connectivity index (χ3n) is 3.07. The van der Waals surface area contributed by atoms with Crippen molar-refractivity contribution in [2.45, 2.75) is 13.8 Å². The van der Waals surface area contributed by atoms with E-state index in [1.807, 2.05) is 50.2 Å². The summed E-state index contributed by atoms with van der Waals surface area (Å²) in [6.45, 7) is 4.21. The van der Waals surface area contributed by atoms with Crippen molar-refractivity contribution >= 4 is 11.6 Å². The standard InChI is InChI=1S/C18H18N2O/c1-13-10-15(7-5-9-19)12-16(11-13)18(21)20-17-8-4-3-6-14(17)2/h3-4,6,8,10-12H,9,19H2,1-2H3,(H,20,21). The number of para-hydroxylation sites is 1. The van der Waals surface area contributed by atoms with Crippen LogP contribution in [0.3, 0.4) is 0 Å². The molecule has 0 bridgehead atoms. The number of amides is 1. The molecule has 2 rings (SSSR count). The van der Waals surface area contributed by atoms with E-state index in [9.17, 15) is 4.79 Å². The van der Waals surface area contributed by atoms with Crippen molar-refractivity contribution in [2.24, 2.45) is 5.73 Å².